The van der Waals surface area contributed by atoms with Crippen LogP contribution >= 0.6 is 0 Å². The van der Waals surface area contributed by atoms with Gasteiger partial charge in [0, 0.05) is 49.7 Å². The van der Waals surface area contributed by atoms with Crippen LogP contribution in [-0.2, 0) is 29.0 Å². The number of carbonyl (C=O) groups excluding carboxylic acids is 1. The van der Waals surface area contributed by atoms with Crippen molar-refractivity contribution in [3.63, 3.8) is 0 Å². The molecule has 0 bridgehead atoms. The molecular weight excluding hydrogens is 434 g/mol. The zero-order chi connectivity index (χ0) is 24.2. The van der Waals surface area contributed by atoms with Crippen LogP contribution in [0.4, 0.5) is 10.6 Å². The number of aliphatic carboxylic acids is 1. The number of pyridine rings is 1. The summed E-state index contributed by atoms with van der Waals surface area (Å²) in [6.07, 6.45) is 5.00. The molecule has 0 unspecified atom stereocenters. The highest BCUT2D eigenvalue weighted by Crippen LogP contribution is 2.19. The van der Waals surface area contributed by atoms with E-state index in [9.17, 15) is 9.59 Å². The Hall–Kier alpha value is -3.88. The number of amides is 1. The number of anilines is 1. The number of nitrogens with two attached hydrogens (primary N) is 1. The molecule has 1 aliphatic rings. The second-order valence-corrected chi connectivity index (χ2v) is 7.97. The standard InChI is InChI=1S/C25H31N5O4/c26-15-20(16-27-13-10-22-9-8-21-7-4-12-28-24(21)29-22)17-30(14-11-23(31)32)25(33)34-18-19-5-2-1-3-6-19/h1-3,5-6,8-9,15-16H,4,7,10-14,17-18,26H2,(H,28,29)(H,31,32). The predicted molar refractivity (Wildman–Crippen MR) is 131 cm³/mol. The molecule has 0 saturated carbocycles. The number of ether oxygens (including phenoxy) is 1. The molecule has 0 aliphatic carbocycles. The Labute approximate surface area is 199 Å². The number of hydrogen-bond acceptors (Lipinski definition) is 7. The first-order valence-corrected chi connectivity index (χ1v) is 11.4. The lowest BCUT2D eigenvalue weighted by atomic mass is 10.1. The number of carbonyl (C=O) groups is 2. The van der Waals surface area contributed by atoms with Crippen molar-refractivity contribution in [2.24, 2.45) is 10.7 Å². The molecule has 9 heteroatoms. The Morgan fingerprint density at radius 1 is 1.24 bits per heavy atom. The molecule has 180 valence electrons. The molecule has 9 nitrogen and oxygen atoms in total. The van der Waals surface area contributed by atoms with Gasteiger partial charge < -0.3 is 25.8 Å². The number of nitrogens with zero attached hydrogens (tertiary/aromatic N) is 3. The second-order valence-electron chi connectivity index (χ2n) is 7.97. The van der Waals surface area contributed by atoms with Gasteiger partial charge in [0.25, 0.3) is 0 Å². The van der Waals surface area contributed by atoms with Crippen LogP contribution in [0.1, 0.15) is 29.7 Å². The minimum atomic E-state index is -1.00. The van der Waals surface area contributed by atoms with E-state index in [1.165, 1.54) is 16.7 Å². The minimum absolute atomic E-state index is 0.000180. The number of carboxylic acid groups (broad SMARTS) is 1. The predicted octanol–water partition coefficient (Wildman–Crippen LogP) is 3.01. The van der Waals surface area contributed by atoms with E-state index in [0.717, 1.165) is 36.5 Å². The Balaban J connectivity index is 1.53. The van der Waals surface area contributed by atoms with Crippen LogP contribution in [0, 0.1) is 0 Å². The topological polar surface area (TPSA) is 130 Å². The molecule has 1 aliphatic heterocycles. The van der Waals surface area contributed by atoms with Crippen LogP contribution in [0.5, 0.6) is 0 Å². The summed E-state index contributed by atoms with van der Waals surface area (Å²) in [7, 11) is 0. The molecule has 0 atom stereocenters. The van der Waals surface area contributed by atoms with Crippen molar-refractivity contribution in [3.05, 3.63) is 71.1 Å². The highest BCUT2D eigenvalue weighted by atomic mass is 16.6. The van der Waals surface area contributed by atoms with Crippen LogP contribution < -0.4 is 11.1 Å². The number of fused-ring (bicyclic) bond motifs is 1. The van der Waals surface area contributed by atoms with E-state index in [1.807, 2.05) is 36.4 Å². The molecule has 0 radical (unpaired) electrons. The summed E-state index contributed by atoms with van der Waals surface area (Å²) in [4.78, 5) is 34.0. The number of hydrogen-bond donors (Lipinski definition) is 3. The van der Waals surface area contributed by atoms with Gasteiger partial charge in [0.05, 0.1) is 13.0 Å². The lowest BCUT2D eigenvalue weighted by Crippen LogP contribution is -2.35. The van der Waals surface area contributed by atoms with Crippen molar-refractivity contribution >= 4 is 24.1 Å². The normalized spacial score (nSPS) is 13.2. The Morgan fingerprint density at radius 2 is 2.06 bits per heavy atom. The van der Waals surface area contributed by atoms with Crippen molar-refractivity contribution in [1.82, 2.24) is 9.88 Å². The maximum atomic E-state index is 12.6. The number of rotatable bonds is 11. The van der Waals surface area contributed by atoms with Crippen molar-refractivity contribution in [1.29, 1.82) is 0 Å². The molecule has 3 rings (SSSR count). The van der Waals surface area contributed by atoms with Crippen molar-refractivity contribution in [2.45, 2.75) is 32.3 Å². The third kappa shape index (κ3) is 7.91. The van der Waals surface area contributed by atoms with Gasteiger partial charge in [-0.25, -0.2) is 9.78 Å². The maximum Gasteiger partial charge on any atom is 0.410 e. The van der Waals surface area contributed by atoms with Gasteiger partial charge in [-0.3, -0.25) is 9.79 Å². The summed E-state index contributed by atoms with van der Waals surface area (Å²) in [6, 6.07) is 13.4. The van der Waals surface area contributed by atoms with E-state index in [4.69, 9.17) is 15.6 Å². The summed E-state index contributed by atoms with van der Waals surface area (Å²) in [5.41, 5.74) is 9.37. The highest BCUT2D eigenvalue weighted by Gasteiger charge is 2.18. The summed E-state index contributed by atoms with van der Waals surface area (Å²) in [6.45, 7) is 1.65. The van der Waals surface area contributed by atoms with E-state index >= 15 is 0 Å². The van der Waals surface area contributed by atoms with Crippen LogP contribution in [-0.4, -0.2) is 59.4 Å². The molecule has 1 aromatic carbocycles. The number of carboxylic acids is 1. The number of nitrogens with one attached hydrogen (secondary N) is 1. The van der Waals surface area contributed by atoms with Gasteiger partial charge >= 0.3 is 12.1 Å². The minimum Gasteiger partial charge on any atom is -0.481 e. The summed E-state index contributed by atoms with van der Waals surface area (Å²) in [5, 5.41) is 12.4. The average Bonchev–Trinajstić information content (AvgIpc) is 2.86. The maximum absolute atomic E-state index is 12.6. The van der Waals surface area contributed by atoms with Crippen LogP contribution in [0.15, 0.2) is 59.2 Å². The highest BCUT2D eigenvalue weighted by molar-refractivity contribution is 5.80. The van der Waals surface area contributed by atoms with Gasteiger partial charge in [-0.05, 0) is 30.0 Å². The van der Waals surface area contributed by atoms with Gasteiger partial charge in [-0.2, -0.15) is 0 Å². The molecule has 4 N–H and O–H groups in total. The Kier molecular flexibility index (Phi) is 9.45. The van der Waals surface area contributed by atoms with Gasteiger partial charge in [-0.1, -0.05) is 36.4 Å². The van der Waals surface area contributed by atoms with Crippen molar-refractivity contribution in [3.8, 4) is 0 Å². The molecular formula is C25H31N5O4. The van der Waals surface area contributed by atoms with E-state index in [-0.39, 0.29) is 26.1 Å². The SMILES string of the molecule is NC=C(C=NCCc1ccc2c(n1)NCCC2)CN(CCC(=O)O)C(=O)OCc1ccccc1. The Morgan fingerprint density at radius 3 is 2.82 bits per heavy atom. The zero-order valence-corrected chi connectivity index (χ0v) is 19.2. The second kappa shape index (κ2) is 13.0. The van der Waals surface area contributed by atoms with Gasteiger partial charge in [0.2, 0.25) is 0 Å². The van der Waals surface area contributed by atoms with Gasteiger partial charge in [0.15, 0.2) is 0 Å². The number of aromatic nitrogens is 1. The number of aryl methyl sites for hydroxylation is 1. The number of aliphatic imine (C=N–C) groups is 1. The van der Waals surface area contributed by atoms with Gasteiger partial charge in [-0.15, -0.1) is 0 Å². The average molecular weight is 466 g/mol. The van der Waals surface area contributed by atoms with Crippen LogP contribution in [0.3, 0.4) is 0 Å². The first-order chi connectivity index (χ1) is 16.5. The summed E-state index contributed by atoms with van der Waals surface area (Å²) in [5.74, 6) is -0.0433. The fourth-order valence-corrected chi connectivity index (χ4v) is 3.50. The van der Waals surface area contributed by atoms with Gasteiger partial charge in [0.1, 0.15) is 12.4 Å². The number of benzene rings is 1. The zero-order valence-electron chi connectivity index (χ0n) is 19.2. The third-order valence-electron chi connectivity index (χ3n) is 5.35. The summed E-state index contributed by atoms with van der Waals surface area (Å²) < 4.78 is 5.36. The molecule has 0 spiro atoms. The lowest BCUT2D eigenvalue weighted by molar-refractivity contribution is -0.137. The third-order valence-corrected chi connectivity index (χ3v) is 5.35. The first kappa shape index (κ1) is 24.8. The molecule has 0 saturated heterocycles. The van der Waals surface area contributed by atoms with Crippen LogP contribution in [0.2, 0.25) is 0 Å². The van der Waals surface area contributed by atoms with Crippen molar-refractivity contribution in [2.75, 3.05) is 31.5 Å². The van der Waals surface area contributed by atoms with Crippen molar-refractivity contribution < 1.29 is 19.4 Å². The monoisotopic (exact) mass is 465 g/mol. The molecule has 1 amide bonds. The smallest absolute Gasteiger partial charge is 0.410 e. The molecule has 2 heterocycles. The first-order valence-electron chi connectivity index (χ1n) is 11.4. The molecule has 34 heavy (non-hydrogen) atoms. The quantitative estimate of drug-likeness (QED) is 0.435. The summed E-state index contributed by atoms with van der Waals surface area (Å²) >= 11 is 0. The largest absolute Gasteiger partial charge is 0.481 e. The van der Waals surface area contributed by atoms with Crippen LogP contribution in [0.25, 0.3) is 0 Å². The van der Waals surface area contributed by atoms with E-state index < -0.39 is 12.1 Å². The molecule has 2 aromatic rings. The lowest BCUT2D eigenvalue weighted by Gasteiger charge is -2.21. The fourth-order valence-electron chi connectivity index (χ4n) is 3.50. The fraction of sp³-hybridized carbons (Fsp3) is 0.360. The van der Waals surface area contributed by atoms with E-state index in [1.54, 1.807) is 6.21 Å². The molecule has 0 fully saturated rings. The molecule has 1 aromatic heterocycles. The van der Waals surface area contributed by atoms with E-state index in [0.29, 0.717) is 18.5 Å². The Bertz CT molecular complexity index is 1020. The van der Waals surface area contributed by atoms with E-state index in [2.05, 4.69) is 21.4 Å².